The number of aliphatic hydroxyl groups is 16. The van der Waals surface area contributed by atoms with Crippen molar-refractivity contribution in [1.29, 1.82) is 0 Å². The van der Waals surface area contributed by atoms with Crippen molar-refractivity contribution in [2.24, 2.45) is 50.2 Å². The average Bonchev–Trinajstić information content (AvgIpc) is 0.951. The molecule has 30 atom stereocenters. The number of aliphatic hydroxyl groups excluding tert-OH is 15. The highest BCUT2D eigenvalue weighted by atomic mass is 16.8. The molecule has 10 aliphatic rings. The van der Waals surface area contributed by atoms with Gasteiger partial charge >= 0.3 is 5.97 Å². The van der Waals surface area contributed by atoms with E-state index in [1.54, 1.807) is 0 Å². The van der Waals surface area contributed by atoms with Gasteiger partial charge in [0, 0.05) is 23.2 Å². The summed E-state index contributed by atoms with van der Waals surface area (Å²) < 4.78 is 58.3. The largest absolute Gasteiger partial charge is 0.432 e. The highest BCUT2D eigenvalue weighted by Crippen LogP contribution is 2.75. The first-order valence-corrected chi connectivity index (χ1v) is 29.7. The maximum absolute atomic E-state index is 15.6. The van der Waals surface area contributed by atoms with Crippen molar-refractivity contribution >= 4 is 11.8 Å². The molecule has 9 fully saturated rings. The van der Waals surface area contributed by atoms with Crippen LogP contribution in [-0.4, -0.2) is 281 Å². The summed E-state index contributed by atoms with van der Waals surface area (Å²) in [6, 6.07) is 0. The molecular formula is C57H90O28. The maximum Gasteiger partial charge on any atom is 0.322 e. The van der Waals surface area contributed by atoms with Crippen LogP contribution in [-0.2, 0) is 57.0 Å². The molecule has 5 saturated heterocycles. The van der Waals surface area contributed by atoms with Crippen molar-refractivity contribution in [1.82, 2.24) is 0 Å². The lowest BCUT2D eigenvalue weighted by Crippen LogP contribution is -2.71. The van der Waals surface area contributed by atoms with E-state index in [-0.39, 0.29) is 30.6 Å². The molecule has 0 spiro atoms. The molecule has 0 amide bonds. The van der Waals surface area contributed by atoms with Crippen LogP contribution in [0.15, 0.2) is 11.6 Å². The molecule has 0 aromatic heterocycles. The first kappa shape index (κ1) is 65.8. The third-order valence-electron chi connectivity index (χ3n) is 22.4. The first-order chi connectivity index (χ1) is 39.9. The van der Waals surface area contributed by atoms with Gasteiger partial charge in [-0.3, -0.25) is 9.59 Å². The van der Waals surface area contributed by atoms with Gasteiger partial charge < -0.3 is 129 Å². The Kier molecular flexibility index (Phi) is 18.5. The van der Waals surface area contributed by atoms with Crippen LogP contribution in [0.3, 0.4) is 0 Å². The molecule has 0 aromatic carbocycles. The van der Waals surface area contributed by atoms with E-state index in [0.29, 0.717) is 32.1 Å². The van der Waals surface area contributed by atoms with E-state index in [4.69, 9.17) is 47.4 Å². The molecule has 28 heteroatoms. The summed E-state index contributed by atoms with van der Waals surface area (Å²) in [7, 11) is 0. The van der Waals surface area contributed by atoms with Crippen LogP contribution in [0, 0.1) is 50.2 Å². The van der Waals surface area contributed by atoms with Crippen LogP contribution in [0.5, 0.6) is 0 Å². The van der Waals surface area contributed by atoms with E-state index in [0.717, 1.165) is 5.57 Å². The number of allylic oxidation sites excluding steroid dienone is 2. The number of carbonyl (C=O) groups excluding carboxylic acids is 2. The molecule has 4 saturated carbocycles. The Bertz CT molecular complexity index is 2430. The number of ether oxygens (including phenoxy) is 10. The monoisotopic (exact) mass is 1220 g/mol. The smallest absolute Gasteiger partial charge is 0.322 e. The van der Waals surface area contributed by atoms with Crippen LogP contribution in [0.4, 0.5) is 0 Å². The molecule has 16 N–H and O–H groups in total. The topological polar surface area (TPSA) is 450 Å². The third kappa shape index (κ3) is 10.5. The highest BCUT2D eigenvalue weighted by molar-refractivity contribution is 6.06. The van der Waals surface area contributed by atoms with Crippen LogP contribution >= 0.6 is 0 Å². The Morgan fingerprint density at radius 2 is 1.26 bits per heavy atom. The van der Waals surface area contributed by atoms with Gasteiger partial charge in [0.1, 0.15) is 90.4 Å². The minimum absolute atomic E-state index is 0.0703. The average molecular weight is 1220 g/mol. The fourth-order valence-corrected chi connectivity index (χ4v) is 17.2. The van der Waals surface area contributed by atoms with E-state index in [1.807, 2.05) is 13.8 Å². The van der Waals surface area contributed by atoms with Gasteiger partial charge in [0.15, 0.2) is 37.0 Å². The standard InChI is InChI=1S/C57H90O28/c1-23-40(81-45-39(72)41(28(64)18-76-45)82-49-43(73)56(75,21-61)22-78-49)36(69)38(71)46(79-23)83-42-33(66)27(63)17-77-48(42)85-50(74)57-12-11-51(2,3)13-25(57)24-7-8-30-52(4)14-26(62)44(84-47-37(70)35(68)34(67)29(16-58)80-47)55(19-59,20-60)31(52)9-10-53(30,5)54(24,6)15-32(57)65/h7,23,25-31,33-49,58-64,66-73,75H,8-22H2,1-6H3/t23-,25-,26-,27-,28+,29+,30+,31-,33-,34+,35-,36-,37+,38+,39+,40-,41-,42+,43-,44-,45-,46-,47-,48-,49-,52+,53+,54+,56+,57+/m0/s1. The number of rotatable bonds is 14. The minimum Gasteiger partial charge on any atom is -0.432 e. The van der Waals surface area contributed by atoms with Gasteiger partial charge in [0.2, 0.25) is 6.29 Å². The van der Waals surface area contributed by atoms with E-state index in [2.05, 4.69) is 26.8 Å². The van der Waals surface area contributed by atoms with E-state index in [9.17, 15) is 81.7 Å². The molecule has 85 heavy (non-hydrogen) atoms. The van der Waals surface area contributed by atoms with Gasteiger partial charge in [-0.2, -0.15) is 0 Å². The summed E-state index contributed by atoms with van der Waals surface area (Å²) in [5.41, 5.74) is -7.37. The molecule has 0 bridgehead atoms. The molecule has 0 unspecified atom stereocenters. The van der Waals surface area contributed by atoms with Gasteiger partial charge in [-0.1, -0.05) is 46.3 Å². The van der Waals surface area contributed by atoms with Crippen LogP contribution < -0.4 is 0 Å². The number of hydrogen-bond donors (Lipinski definition) is 16. The summed E-state index contributed by atoms with van der Waals surface area (Å²) in [5.74, 6) is -2.91. The van der Waals surface area contributed by atoms with Crippen molar-refractivity contribution in [3.8, 4) is 0 Å². The number of esters is 1. The summed E-state index contributed by atoms with van der Waals surface area (Å²) in [6.07, 6.45) is -32.3. The van der Waals surface area contributed by atoms with Crippen molar-refractivity contribution in [2.45, 2.75) is 234 Å². The van der Waals surface area contributed by atoms with Crippen molar-refractivity contribution in [3.05, 3.63) is 11.6 Å². The molecular weight excluding hydrogens is 1130 g/mol. The number of hydrogen-bond acceptors (Lipinski definition) is 28. The van der Waals surface area contributed by atoms with Crippen LogP contribution in [0.25, 0.3) is 0 Å². The number of Topliss-reactive ketones (excluding diaryl/α,β-unsaturated/α-hetero) is 1. The van der Waals surface area contributed by atoms with Crippen LogP contribution in [0.1, 0.15) is 92.9 Å². The minimum atomic E-state index is -2.08. The van der Waals surface area contributed by atoms with Crippen molar-refractivity contribution in [2.75, 3.05) is 46.2 Å². The lowest BCUT2D eigenvalue weighted by molar-refractivity contribution is -0.372. The second-order valence-electron chi connectivity index (χ2n) is 27.7. The first-order valence-electron chi connectivity index (χ1n) is 29.7. The molecule has 0 aromatic rings. The summed E-state index contributed by atoms with van der Waals surface area (Å²) in [6.45, 7) is 7.15. The number of ketones is 1. The normalized spacial score (nSPS) is 53.1. The summed E-state index contributed by atoms with van der Waals surface area (Å²) in [4.78, 5) is 31.0. The lowest BCUT2D eigenvalue weighted by atomic mass is 9.33. The van der Waals surface area contributed by atoms with Crippen molar-refractivity contribution in [3.63, 3.8) is 0 Å². The van der Waals surface area contributed by atoms with E-state index in [1.165, 1.54) is 6.92 Å². The zero-order valence-corrected chi connectivity index (χ0v) is 48.7. The second kappa shape index (κ2) is 23.8. The Morgan fingerprint density at radius 1 is 0.624 bits per heavy atom. The van der Waals surface area contributed by atoms with Gasteiger partial charge in [-0.25, -0.2) is 0 Å². The van der Waals surface area contributed by atoms with Gasteiger partial charge in [-0.15, -0.1) is 0 Å². The Hall–Kier alpha value is -2.12. The fraction of sp³-hybridized carbons (Fsp3) is 0.930. The number of fused-ring (bicyclic) bond motifs is 7. The number of carbonyl (C=O) groups is 2. The zero-order valence-electron chi connectivity index (χ0n) is 48.7. The fourth-order valence-electron chi connectivity index (χ4n) is 17.2. The quantitative estimate of drug-likeness (QED) is 0.0335. The molecule has 0 radical (unpaired) electrons. The predicted molar refractivity (Wildman–Crippen MR) is 281 cm³/mol. The maximum atomic E-state index is 15.6. The van der Waals surface area contributed by atoms with Gasteiger partial charge in [0.25, 0.3) is 0 Å². The molecule has 10 rings (SSSR count). The molecule has 5 heterocycles. The summed E-state index contributed by atoms with van der Waals surface area (Å²) in [5, 5.41) is 175. The van der Waals surface area contributed by atoms with Gasteiger partial charge in [0.05, 0.1) is 64.6 Å². The van der Waals surface area contributed by atoms with E-state index < -0.39 is 238 Å². The molecule has 486 valence electrons. The van der Waals surface area contributed by atoms with Crippen LogP contribution in [0.2, 0.25) is 0 Å². The van der Waals surface area contributed by atoms with E-state index >= 15 is 9.59 Å². The predicted octanol–water partition coefficient (Wildman–Crippen LogP) is -5.17. The zero-order chi connectivity index (χ0) is 62.1. The third-order valence-corrected chi connectivity index (χ3v) is 22.4. The molecule has 28 nitrogen and oxygen atoms in total. The second-order valence-corrected chi connectivity index (χ2v) is 27.7. The van der Waals surface area contributed by atoms with Gasteiger partial charge in [-0.05, 0) is 80.0 Å². The van der Waals surface area contributed by atoms with Crippen molar-refractivity contribution < 1.29 is 139 Å². The Balaban J connectivity index is 0.865. The summed E-state index contributed by atoms with van der Waals surface area (Å²) >= 11 is 0. The molecule has 5 aliphatic heterocycles. The SMILES string of the molecule is C[C@@H]1O[C@@H](O[C@H]2[C@H](OC(=O)[C@]34CCC(C)(C)C[C@H]3C3=CC[C@@H]5[C@@]6(C)C[C@H](O)[C@H](O[C@@H]7O[C@H](CO)[C@@H](O)[C@H](O)[C@H]7O)C(CO)(CO)[C@H]6CC[C@@]5(C)[C@]3(C)CC4=O)OC[C@H](O)[C@@H]2O)[C@H](O)[C@H](O)[C@H]1O[C@@H]1OC[C@@H](O)[C@H](O[C@@H]2OC[C@](O)(CO)[C@H]2O)[C@H]1O. The lowest BCUT2D eigenvalue weighted by Gasteiger charge is -2.71. The Labute approximate surface area is 491 Å². The Morgan fingerprint density at radius 3 is 1.92 bits per heavy atom. The molecule has 5 aliphatic carbocycles. The highest BCUT2D eigenvalue weighted by Gasteiger charge is 2.74.